The molecule has 1 heterocycles. The van der Waals surface area contributed by atoms with Gasteiger partial charge in [-0.05, 0) is 12.1 Å². The maximum absolute atomic E-state index is 10.7. The van der Waals surface area contributed by atoms with Gasteiger partial charge in [0.15, 0.2) is 0 Å². The summed E-state index contributed by atoms with van der Waals surface area (Å²) in [6.07, 6.45) is 0.850. The predicted molar refractivity (Wildman–Crippen MR) is 60.8 cm³/mol. The summed E-state index contributed by atoms with van der Waals surface area (Å²) in [5.74, 6) is -0.489. The molecule has 4 heteroatoms. The van der Waals surface area contributed by atoms with E-state index in [0.717, 1.165) is 12.0 Å². The molecule has 0 N–H and O–H groups in total. The van der Waals surface area contributed by atoms with Crippen molar-refractivity contribution in [2.24, 2.45) is 0 Å². The van der Waals surface area contributed by atoms with Gasteiger partial charge >= 0.3 is 0 Å². The van der Waals surface area contributed by atoms with Gasteiger partial charge in [-0.3, -0.25) is 4.79 Å². The molecule has 1 aromatic rings. The zero-order valence-electron chi connectivity index (χ0n) is 9.47. The van der Waals surface area contributed by atoms with Crippen molar-refractivity contribution < 1.29 is 14.3 Å². The number of aldehydes is 1. The number of carbonyl (C=O) groups is 1. The summed E-state index contributed by atoms with van der Waals surface area (Å²) in [7, 11) is 3.28. The zero-order chi connectivity index (χ0) is 11.6. The van der Waals surface area contributed by atoms with E-state index in [1.165, 1.54) is 0 Å². The number of carbonyl (C=O) groups excluding carboxylic acids is 1. The Morgan fingerprint density at radius 2 is 2.00 bits per heavy atom. The average Bonchev–Trinajstić information content (AvgIpc) is 2.29. The number of anilines is 1. The van der Waals surface area contributed by atoms with Gasteiger partial charge < -0.3 is 14.4 Å². The molecular formula is C12H15NO3. The maximum atomic E-state index is 10.7. The summed E-state index contributed by atoms with van der Waals surface area (Å²) in [5, 5.41) is 0. The minimum atomic E-state index is -0.489. The molecule has 16 heavy (non-hydrogen) atoms. The van der Waals surface area contributed by atoms with Crippen LogP contribution in [0.25, 0.3) is 0 Å². The molecule has 0 saturated carbocycles. The number of hydrogen-bond donors (Lipinski definition) is 0. The Kier molecular flexibility index (Phi) is 2.94. The highest BCUT2D eigenvalue weighted by molar-refractivity contribution is 5.77. The predicted octanol–water partition coefficient (Wildman–Crippen LogP) is 1.31. The summed E-state index contributed by atoms with van der Waals surface area (Å²) in [5.41, 5.74) is 1.71. The lowest BCUT2D eigenvalue weighted by Crippen LogP contribution is -2.64. The molecule has 1 saturated heterocycles. The Labute approximate surface area is 94.8 Å². The van der Waals surface area contributed by atoms with E-state index >= 15 is 0 Å². The van der Waals surface area contributed by atoms with Crippen LogP contribution >= 0.6 is 0 Å². The van der Waals surface area contributed by atoms with Crippen molar-refractivity contribution in [1.29, 1.82) is 0 Å². The van der Waals surface area contributed by atoms with Crippen LogP contribution in [0.15, 0.2) is 24.3 Å². The largest absolute Gasteiger partial charge is 0.361 e. The van der Waals surface area contributed by atoms with Crippen molar-refractivity contribution in [3.63, 3.8) is 0 Å². The molecule has 1 aromatic carbocycles. The Morgan fingerprint density at radius 3 is 2.56 bits per heavy atom. The average molecular weight is 221 g/mol. The van der Waals surface area contributed by atoms with E-state index in [9.17, 15) is 4.79 Å². The van der Waals surface area contributed by atoms with Crippen LogP contribution in [-0.4, -0.2) is 39.4 Å². The number of methoxy groups -OCH3 is 2. The number of ether oxygens (including phenoxy) is 2. The van der Waals surface area contributed by atoms with Gasteiger partial charge in [-0.25, -0.2) is 0 Å². The number of rotatable bonds is 4. The van der Waals surface area contributed by atoms with Crippen LogP contribution in [0.5, 0.6) is 0 Å². The highest BCUT2D eigenvalue weighted by Gasteiger charge is 2.43. The number of benzene rings is 1. The molecule has 0 spiro atoms. The van der Waals surface area contributed by atoms with Gasteiger partial charge in [0.05, 0.1) is 13.1 Å². The van der Waals surface area contributed by atoms with Crippen LogP contribution in [0.3, 0.4) is 0 Å². The number of nitrogens with zero attached hydrogens (tertiary/aromatic N) is 1. The quantitative estimate of drug-likeness (QED) is 0.567. The van der Waals surface area contributed by atoms with Crippen LogP contribution in [0.2, 0.25) is 0 Å². The molecule has 1 aliphatic rings. The van der Waals surface area contributed by atoms with E-state index in [0.29, 0.717) is 18.7 Å². The fraction of sp³-hybridized carbons (Fsp3) is 0.417. The Balaban J connectivity index is 2.08. The molecule has 0 atom stereocenters. The van der Waals surface area contributed by atoms with Crippen molar-refractivity contribution in [3.05, 3.63) is 29.8 Å². The second-order valence-electron chi connectivity index (χ2n) is 3.89. The maximum Gasteiger partial charge on any atom is 0.203 e. The lowest BCUT2D eigenvalue weighted by molar-refractivity contribution is -0.219. The van der Waals surface area contributed by atoms with E-state index in [4.69, 9.17) is 9.47 Å². The van der Waals surface area contributed by atoms with Crippen LogP contribution in [0.1, 0.15) is 10.4 Å². The molecule has 0 radical (unpaired) electrons. The molecule has 4 nitrogen and oxygen atoms in total. The minimum absolute atomic E-state index is 0.489. The van der Waals surface area contributed by atoms with Gasteiger partial charge in [0.2, 0.25) is 5.79 Å². The molecule has 86 valence electrons. The van der Waals surface area contributed by atoms with Crippen molar-refractivity contribution in [2.75, 3.05) is 32.2 Å². The van der Waals surface area contributed by atoms with Crippen molar-refractivity contribution in [1.82, 2.24) is 0 Å². The van der Waals surface area contributed by atoms with Gasteiger partial charge in [-0.2, -0.15) is 0 Å². The second-order valence-corrected chi connectivity index (χ2v) is 3.89. The van der Waals surface area contributed by atoms with Gasteiger partial charge in [-0.1, -0.05) is 12.1 Å². The fourth-order valence-electron chi connectivity index (χ4n) is 1.85. The van der Waals surface area contributed by atoms with Crippen LogP contribution in [0.4, 0.5) is 5.69 Å². The van der Waals surface area contributed by atoms with Crippen LogP contribution in [0, 0.1) is 0 Å². The van der Waals surface area contributed by atoms with Crippen molar-refractivity contribution in [3.8, 4) is 0 Å². The SMILES string of the molecule is COC1(OC)CN(c2cccc(C=O)c2)C1. The van der Waals surface area contributed by atoms with Crippen molar-refractivity contribution in [2.45, 2.75) is 5.79 Å². The summed E-state index contributed by atoms with van der Waals surface area (Å²) in [4.78, 5) is 12.8. The lowest BCUT2D eigenvalue weighted by atomic mass is 10.1. The molecule has 0 unspecified atom stereocenters. The Morgan fingerprint density at radius 1 is 1.31 bits per heavy atom. The van der Waals surface area contributed by atoms with Crippen molar-refractivity contribution >= 4 is 12.0 Å². The molecule has 1 aliphatic heterocycles. The monoisotopic (exact) mass is 221 g/mol. The molecule has 2 rings (SSSR count). The second kappa shape index (κ2) is 4.23. The van der Waals surface area contributed by atoms with Gasteiger partial charge in [0.1, 0.15) is 6.29 Å². The third-order valence-electron chi connectivity index (χ3n) is 2.98. The summed E-state index contributed by atoms with van der Waals surface area (Å²) in [6.45, 7) is 1.37. The molecule has 0 aromatic heterocycles. The normalized spacial score (nSPS) is 18.0. The van der Waals surface area contributed by atoms with E-state index in [2.05, 4.69) is 4.90 Å². The zero-order valence-corrected chi connectivity index (χ0v) is 9.47. The smallest absolute Gasteiger partial charge is 0.203 e. The minimum Gasteiger partial charge on any atom is -0.361 e. The standard InChI is InChI=1S/C12H15NO3/c1-15-12(16-2)8-13(9-12)11-5-3-4-10(6-11)7-14/h3-7H,8-9H2,1-2H3. The summed E-state index contributed by atoms with van der Waals surface area (Å²) >= 11 is 0. The van der Waals surface area contributed by atoms with E-state index < -0.39 is 5.79 Å². The Hall–Kier alpha value is -1.39. The highest BCUT2D eigenvalue weighted by Crippen LogP contribution is 2.30. The first-order chi connectivity index (χ1) is 7.73. The van der Waals surface area contributed by atoms with Gasteiger partial charge in [0, 0.05) is 25.5 Å². The summed E-state index contributed by atoms with van der Waals surface area (Å²) < 4.78 is 10.6. The highest BCUT2D eigenvalue weighted by atomic mass is 16.7. The first kappa shape index (κ1) is 11.1. The van der Waals surface area contributed by atoms with E-state index in [-0.39, 0.29) is 0 Å². The molecular weight excluding hydrogens is 206 g/mol. The summed E-state index contributed by atoms with van der Waals surface area (Å²) in [6, 6.07) is 7.50. The van der Waals surface area contributed by atoms with Crippen LogP contribution in [-0.2, 0) is 9.47 Å². The van der Waals surface area contributed by atoms with E-state index in [1.54, 1.807) is 20.3 Å². The molecule has 0 amide bonds. The van der Waals surface area contributed by atoms with E-state index in [1.807, 2.05) is 18.2 Å². The lowest BCUT2D eigenvalue weighted by Gasteiger charge is -2.48. The fourth-order valence-corrected chi connectivity index (χ4v) is 1.85. The third-order valence-corrected chi connectivity index (χ3v) is 2.98. The first-order valence-electron chi connectivity index (χ1n) is 5.13. The topological polar surface area (TPSA) is 38.8 Å². The van der Waals surface area contributed by atoms with Crippen LogP contribution < -0.4 is 4.90 Å². The molecule has 1 fully saturated rings. The third kappa shape index (κ3) is 1.81. The van der Waals surface area contributed by atoms with Gasteiger partial charge in [-0.15, -0.1) is 0 Å². The molecule has 0 aliphatic carbocycles. The Bertz CT molecular complexity index is 380. The first-order valence-corrected chi connectivity index (χ1v) is 5.13. The molecule has 0 bridgehead atoms. The number of hydrogen-bond acceptors (Lipinski definition) is 4. The van der Waals surface area contributed by atoms with Gasteiger partial charge in [0.25, 0.3) is 0 Å².